The van der Waals surface area contributed by atoms with Crippen LogP contribution in [0.2, 0.25) is 0 Å². The van der Waals surface area contributed by atoms with Gasteiger partial charge in [0.2, 0.25) is 0 Å². The summed E-state index contributed by atoms with van der Waals surface area (Å²) in [6.07, 6.45) is -1.36. The van der Waals surface area contributed by atoms with Gasteiger partial charge in [-0.15, -0.1) is 0 Å². The van der Waals surface area contributed by atoms with E-state index in [-0.39, 0.29) is 38.0 Å². The van der Waals surface area contributed by atoms with E-state index in [4.69, 9.17) is 9.47 Å². The Morgan fingerprint density at radius 1 is 0.912 bits per heavy atom. The van der Waals surface area contributed by atoms with Gasteiger partial charge in [-0.25, -0.2) is 9.59 Å². The normalized spacial score (nSPS) is 23.9. The van der Waals surface area contributed by atoms with Crippen molar-refractivity contribution < 1.29 is 27.5 Å². The van der Waals surface area contributed by atoms with Gasteiger partial charge in [0, 0.05) is 32.1 Å². The first kappa shape index (κ1) is 26.3. The Morgan fingerprint density at radius 2 is 1.44 bits per heavy atom. The van der Waals surface area contributed by atoms with Crippen LogP contribution < -0.4 is 0 Å². The van der Waals surface area contributed by atoms with E-state index in [2.05, 4.69) is 0 Å². The molecule has 1 aliphatic carbocycles. The van der Waals surface area contributed by atoms with Crippen molar-refractivity contribution in [1.29, 1.82) is 0 Å². The van der Waals surface area contributed by atoms with Crippen LogP contribution in [0.15, 0.2) is 30.3 Å². The van der Waals surface area contributed by atoms with Gasteiger partial charge in [-0.1, -0.05) is 37.3 Å². The van der Waals surface area contributed by atoms with Crippen LogP contribution >= 0.6 is 0 Å². The molecule has 0 bridgehead atoms. The minimum atomic E-state index is -4.18. The maximum absolute atomic E-state index is 13.7. The Hall–Kier alpha value is -2.33. The number of amides is 2. The highest BCUT2D eigenvalue weighted by molar-refractivity contribution is 7.87. The number of hydrogen-bond donors (Lipinski definition) is 0. The molecule has 9 nitrogen and oxygen atoms in total. The lowest BCUT2D eigenvalue weighted by atomic mass is 10.1. The SMILES string of the molecule is C[C@@H]1[C@H](c2ccccc2)[C@H]1N(C(=O)OC(C)(C)C)S(=O)(=O)N1CCN(C(=O)OC(C)(C)C)CC1. The predicted octanol–water partition coefficient (Wildman–Crippen LogP) is 3.82. The second kappa shape index (κ2) is 9.37. The summed E-state index contributed by atoms with van der Waals surface area (Å²) >= 11 is 0. The Balaban J connectivity index is 1.81. The van der Waals surface area contributed by atoms with E-state index in [1.54, 1.807) is 41.5 Å². The summed E-state index contributed by atoms with van der Waals surface area (Å²) in [5.41, 5.74) is -0.498. The summed E-state index contributed by atoms with van der Waals surface area (Å²) in [6.45, 7) is 12.9. The largest absolute Gasteiger partial charge is 0.444 e. The molecule has 0 unspecified atom stereocenters. The topological polar surface area (TPSA) is 96.5 Å². The predicted molar refractivity (Wildman–Crippen MR) is 129 cm³/mol. The number of ether oxygens (including phenoxy) is 2. The van der Waals surface area contributed by atoms with E-state index in [9.17, 15) is 18.0 Å². The highest BCUT2D eigenvalue weighted by Crippen LogP contribution is 2.52. The van der Waals surface area contributed by atoms with Crippen LogP contribution in [0.3, 0.4) is 0 Å². The smallest absolute Gasteiger partial charge is 0.425 e. The van der Waals surface area contributed by atoms with Gasteiger partial charge in [-0.05, 0) is 53.0 Å². The van der Waals surface area contributed by atoms with Crippen LogP contribution in [0.4, 0.5) is 9.59 Å². The zero-order chi connectivity index (χ0) is 25.5. The molecule has 1 aromatic rings. The molecule has 2 amide bonds. The Labute approximate surface area is 203 Å². The minimum Gasteiger partial charge on any atom is -0.444 e. The lowest BCUT2D eigenvalue weighted by Gasteiger charge is -2.37. The molecule has 3 rings (SSSR count). The number of hydrogen-bond acceptors (Lipinski definition) is 6. The number of carbonyl (C=O) groups excluding carboxylic acids is 2. The fourth-order valence-electron chi connectivity index (χ4n) is 4.21. The highest BCUT2D eigenvalue weighted by Gasteiger charge is 2.58. The average molecular weight is 496 g/mol. The van der Waals surface area contributed by atoms with Crippen LogP contribution in [-0.4, -0.2) is 77.5 Å². The minimum absolute atomic E-state index is 0.0484. The fourth-order valence-corrected chi connectivity index (χ4v) is 5.94. The van der Waals surface area contributed by atoms with Crippen molar-refractivity contribution in [1.82, 2.24) is 13.5 Å². The third-order valence-corrected chi connectivity index (χ3v) is 7.73. The molecule has 0 spiro atoms. The first-order chi connectivity index (χ1) is 15.6. The molecule has 1 saturated carbocycles. The molecule has 10 heteroatoms. The molecular weight excluding hydrogens is 458 g/mol. The standard InChI is InChI=1S/C24H37N3O6S/c1-17-19(18-11-9-8-10-12-18)20(17)27(22(29)33-24(5,6)7)34(30,31)26-15-13-25(14-16-26)21(28)32-23(2,3)4/h8-12,17,19-20H,13-16H2,1-7H3/t17-,19-,20+/m1/s1. The number of rotatable bonds is 4. The fraction of sp³-hybridized carbons (Fsp3) is 0.667. The van der Waals surface area contributed by atoms with Crippen molar-refractivity contribution in [3.63, 3.8) is 0 Å². The van der Waals surface area contributed by atoms with Crippen molar-refractivity contribution in [2.75, 3.05) is 26.2 Å². The molecule has 1 aromatic carbocycles. The summed E-state index contributed by atoms with van der Waals surface area (Å²) in [4.78, 5) is 27.1. The van der Waals surface area contributed by atoms with Crippen LogP contribution in [-0.2, 0) is 19.7 Å². The van der Waals surface area contributed by atoms with Gasteiger partial charge in [0.15, 0.2) is 0 Å². The van der Waals surface area contributed by atoms with Crippen molar-refractivity contribution >= 4 is 22.4 Å². The van der Waals surface area contributed by atoms with Crippen LogP contribution in [0.25, 0.3) is 0 Å². The van der Waals surface area contributed by atoms with Gasteiger partial charge in [-0.3, -0.25) is 0 Å². The van der Waals surface area contributed by atoms with Gasteiger partial charge < -0.3 is 14.4 Å². The number of piperazine rings is 1. The van der Waals surface area contributed by atoms with Crippen molar-refractivity contribution in [2.45, 2.75) is 71.6 Å². The van der Waals surface area contributed by atoms with E-state index < -0.39 is 39.6 Å². The number of benzene rings is 1. The van der Waals surface area contributed by atoms with Gasteiger partial charge in [0.25, 0.3) is 0 Å². The third-order valence-electron chi connectivity index (χ3n) is 5.83. The summed E-state index contributed by atoms with van der Waals surface area (Å²) in [5.74, 6) is -0.153. The second-order valence-corrected chi connectivity index (χ2v) is 12.7. The zero-order valence-corrected chi connectivity index (χ0v) is 22.0. The van der Waals surface area contributed by atoms with Gasteiger partial charge >= 0.3 is 22.4 Å². The van der Waals surface area contributed by atoms with E-state index in [0.29, 0.717) is 0 Å². The summed E-state index contributed by atoms with van der Waals surface area (Å²) in [6, 6.07) is 9.06. The first-order valence-electron chi connectivity index (χ1n) is 11.7. The summed E-state index contributed by atoms with van der Waals surface area (Å²) in [5, 5.41) is 0. The molecule has 190 valence electrons. The second-order valence-electron chi connectivity index (χ2n) is 10.9. The Kier molecular flexibility index (Phi) is 7.24. The van der Waals surface area contributed by atoms with Crippen molar-refractivity contribution in [3.8, 4) is 0 Å². The molecule has 1 saturated heterocycles. The lowest BCUT2D eigenvalue weighted by molar-refractivity contribution is 0.0178. The van der Waals surface area contributed by atoms with Gasteiger partial charge in [-0.2, -0.15) is 17.0 Å². The molecule has 1 heterocycles. The molecule has 0 aromatic heterocycles. The van der Waals surface area contributed by atoms with Crippen LogP contribution in [0.1, 0.15) is 59.9 Å². The van der Waals surface area contributed by atoms with E-state index >= 15 is 0 Å². The van der Waals surface area contributed by atoms with Gasteiger partial charge in [0.05, 0.1) is 6.04 Å². The Morgan fingerprint density at radius 3 is 1.94 bits per heavy atom. The number of carbonyl (C=O) groups is 2. The van der Waals surface area contributed by atoms with E-state index in [1.807, 2.05) is 37.3 Å². The summed E-state index contributed by atoms with van der Waals surface area (Å²) < 4.78 is 40.6. The van der Waals surface area contributed by atoms with Crippen molar-refractivity contribution in [2.24, 2.45) is 5.92 Å². The molecule has 1 aliphatic heterocycles. The molecule has 0 N–H and O–H groups in total. The van der Waals surface area contributed by atoms with Crippen LogP contribution in [0, 0.1) is 5.92 Å². The van der Waals surface area contributed by atoms with Crippen LogP contribution in [0.5, 0.6) is 0 Å². The third kappa shape index (κ3) is 6.02. The van der Waals surface area contributed by atoms with Crippen molar-refractivity contribution in [3.05, 3.63) is 35.9 Å². The average Bonchev–Trinajstić information content (AvgIpc) is 3.35. The van der Waals surface area contributed by atoms with Gasteiger partial charge in [0.1, 0.15) is 11.2 Å². The molecular formula is C24H37N3O6S. The van der Waals surface area contributed by atoms with E-state index in [0.717, 1.165) is 9.87 Å². The van der Waals surface area contributed by atoms with E-state index in [1.165, 1.54) is 9.21 Å². The quantitative estimate of drug-likeness (QED) is 0.630. The lowest BCUT2D eigenvalue weighted by Crippen LogP contribution is -2.56. The maximum Gasteiger partial charge on any atom is 0.425 e. The first-order valence-corrected chi connectivity index (χ1v) is 13.1. The Bertz CT molecular complexity index is 992. The molecule has 3 atom stereocenters. The zero-order valence-electron chi connectivity index (χ0n) is 21.1. The highest BCUT2D eigenvalue weighted by atomic mass is 32.2. The molecule has 2 aliphatic rings. The molecule has 34 heavy (non-hydrogen) atoms. The molecule has 2 fully saturated rings. The summed E-state index contributed by atoms with van der Waals surface area (Å²) in [7, 11) is -4.18. The molecule has 0 radical (unpaired) electrons. The monoisotopic (exact) mass is 495 g/mol. The maximum atomic E-state index is 13.7. The number of nitrogens with zero attached hydrogens (tertiary/aromatic N) is 3.